The molecule has 0 aliphatic carbocycles. The molecule has 0 atom stereocenters. The lowest BCUT2D eigenvalue weighted by Crippen LogP contribution is -2.32. The first-order valence-electron chi connectivity index (χ1n) is 7.09. The van der Waals surface area contributed by atoms with E-state index in [0.717, 1.165) is 25.9 Å². The van der Waals surface area contributed by atoms with Crippen molar-refractivity contribution in [3.63, 3.8) is 0 Å². The number of alkyl halides is 1. The van der Waals surface area contributed by atoms with Crippen molar-refractivity contribution in [2.45, 2.75) is 12.8 Å². The van der Waals surface area contributed by atoms with E-state index in [1.54, 1.807) is 12.1 Å². The van der Waals surface area contributed by atoms with Crippen LogP contribution in [0.5, 0.6) is 5.75 Å². The summed E-state index contributed by atoms with van der Waals surface area (Å²) in [6.07, 6.45) is 2.13. The van der Waals surface area contributed by atoms with Gasteiger partial charge in [0.1, 0.15) is 11.5 Å². The van der Waals surface area contributed by atoms with Crippen molar-refractivity contribution in [2.75, 3.05) is 32.6 Å². The Hall–Kier alpha value is -1.33. The van der Waals surface area contributed by atoms with E-state index >= 15 is 0 Å². The minimum absolute atomic E-state index is 0.102. The van der Waals surface area contributed by atoms with E-state index in [2.05, 4.69) is 16.9 Å². The average Bonchev–Trinajstić information content (AvgIpc) is 2.48. The first-order chi connectivity index (χ1) is 10.1. The predicted molar refractivity (Wildman–Crippen MR) is 84.1 cm³/mol. The maximum atomic E-state index is 13.9. The van der Waals surface area contributed by atoms with Gasteiger partial charge in [-0.1, -0.05) is 6.07 Å². The molecule has 0 amide bonds. The summed E-state index contributed by atoms with van der Waals surface area (Å²) in [4.78, 5) is 6.39. The van der Waals surface area contributed by atoms with Gasteiger partial charge in [0.15, 0.2) is 11.6 Å². The van der Waals surface area contributed by atoms with E-state index in [1.165, 1.54) is 6.07 Å². The molecule has 2 rings (SSSR count). The zero-order valence-electron chi connectivity index (χ0n) is 12.2. The minimum atomic E-state index is -0.424. The Morgan fingerprint density at radius 2 is 2.19 bits per heavy atom. The molecule has 0 bridgehead atoms. The molecule has 1 saturated heterocycles. The van der Waals surface area contributed by atoms with Crippen molar-refractivity contribution in [3.05, 3.63) is 24.0 Å². The van der Waals surface area contributed by atoms with Crippen molar-refractivity contribution < 1.29 is 9.13 Å². The van der Waals surface area contributed by atoms with Gasteiger partial charge in [-0.25, -0.2) is 9.38 Å². The summed E-state index contributed by atoms with van der Waals surface area (Å²) >= 11 is 5.61. The van der Waals surface area contributed by atoms with Gasteiger partial charge < -0.3 is 15.4 Å². The fourth-order valence-corrected chi connectivity index (χ4v) is 2.40. The molecular formula is C15H21ClFN3O. The van der Waals surface area contributed by atoms with E-state index in [0.29, 0.717) is 18.2 Å². The molecule has 0 unspecified atom stereocenters. The van der Waals surface area contributed by atoms with Crippen LogP contribution in [0.1, 0.15) is 12.8 Å². The topological polar surface area (TPSA) is 50.8 Å². The number of hydrogen-bond donors (Lipinski definition) is 1. The van der Waals surface area contributed by atoms with E-state index in [9.17, 15) is 4.39 Å². The fourth-order valence-electron chi connectivity index (χ4n) is 2.34. The third-order valence-corrected chi connectivity index (χ3v) is 3.92. The number of halogens is 2. The largest absolute Gasteiger partial charge is 0.488 e. The summed E-state index contributed by atoms with van der Waals surface area (Å²) in [5.41, 5.74) is 6.00. The molecule has 0 spiro atoms. The number of nitrogens with zero attached hydrogens (tertiary/aromatic N) is 2. The Bertz CT molecular complexity index is 502. The van der Waals surface area contributed by atoms with Crippen LogP contribution in [0.2, 0.25) is 0 Å². The lowest BCUT2D eigenvalue weighted by Gasteiger charge is -2.28. The molecule has 21 heavy (non-hydrogen) atoms. The standard InChI is InChI=1S/C15H21ClFN3O/c1-20-7-5-11(6-8-20)10-21-15-12(17)3-2-4-13(15)19-14(18)9-16/h2-4,11H,5-10H2,1H3,(H2,18,19). The molecule has 6 heteroatoms. The zero-order chi connectivity index (χ0) is 15.2. The number of rotatable bonds is 5. The quantitative estimate of drug-likeness (QED) is 0.516. The summed E-state index contributed by atoms with van der Waals surface area (Å²) in [5.74, 6) is 0.524. The highest BCUT2D eigenvalue weighted by molar-refractivity contribution is 6.28. The molecule has 1 aromatic rings. The van der Waals surface area contributed by atoms with Crippen molar-refractivity contribution in [3.8, 4) is 5.75 Å². The number of amidine groups is 1. The minimum Gasteiger partial charge on any atom is -0.488 e. The third kappa shape index (κ3) is 4.58. The maximum Gasteiger partial charge on any atom is 0.180 e. The molecule has 1 aromatic carbocycles. The van der Waals surface area contributed by atoms with Crippen LogP contribution in [-0.2, 0) is 0 Å². The van der Waals surface area contributed by atoms with Crippen LogP contribution in [0.25, 0.3) is 0 Å². The van der Waals surface area contributed by atoms with Crippen LogP contribution in [0.4, 0.5) is 10.1 Å². The molecule has 0 saturated carbocycles. The number of para-hydroxylation sites is 1. The van der Waals surface area contributed by atoms with E-state index in [-0.39, 0.29) is 17.5 Å². The maximum absolute atomic E-state index is 13.9. The van der Waals surface area contributed by atoms with Crippen molar-refractivity contribution in [2.24, 2.45) is 16.6 Å². The second-order valence-corrected chi connectivity index (χ2v) is 5.65. The fraction of sp³-hybridized carbons (Fsp3) is 0.533. The van der Waals surface area contributed by atoms with Crippen LogP contribution < -0.4 is 10.5 Å². The van der Waals surface area contributed by atoms with Gasteiger partial charge in [0.05, 0.1) is 12.5 Å². The summed E-state index contributed by atoms with van der Waals surface area (Å²) in [7, 11) is 2.11. The highest BCUT2D eigenvalue weighted by Gasteiger charge is 2.19. The normalized spacial score (nSPS) is 18.0. The van der Waals surface area contributed by atoms with Gasteiger partial charge in [0.2, 0.25) is 0 Å². The Balaban J connectivity index is 2.05. The van der Waals surface area contributed by atoms with Crippen LogP contribution in [-0.4, -0.2) is 43.4 Å². The summed E-state index contributed by atoms with van der Waals surface area (Å²) < 4.78 is 19.6. The van der Waals surface area contributed by atoms with Gasteiger partial charge in [0, 0.05) is 0 Å². The molecular weight excluding hydrogens is 293 g/mol. The first-order valence-corrected chi connectivity index (χ1v) is 7.62. The van der Waals surface area contributed by atoms with E-state index in [1.807, 2.05) is 0 Å². The monoisotopic (exact) mass is 313 g/mol. The molecule has 0 radical (unpaired) electrons. The van der Waals surface area contributed by atoms with Gasteiger partial charge >= 0.3 is 0 Å². The molecule has 1 aliphatic rings. The van der Waals surface area contributed by atoms with Gasteiger partial charge in [-0.2, -0.15) is 0 Å². The Kier molecular flexibility index (Phi) is 5.82. The van der Waals surface area contributed by atoms with Gasteiger partial charge in [-0.05, 0) is 51.0 Å². The van der Waals surface area contributed by atoms with Crippen LogP contribution in [0.15, 0.2) is 23.2 Å². The molecule has 1 aliphatic heterocycles. The highest BCUT2D eigenvalue weighted by Crippen LogP contribution is 2.31. The molecule has 1 heterocycles. The summed E-state index contributed by atoms with van der Waals surface area (Å²) in [5, 5.41) is 0. The van der Waals surface area contributed by atoms with Crippen molar-refractivity contribution in [1.29, 1.82) is 0 Å². The smallest absolute Gasteiger partial charge is 0.180 e. The lowest BCUT2D eigenvalue weighted by atomic mass is 9.98. The second kappa shape index (κ2) is 7.61. The number of likely N-dealkylation sites (tertiary alicyclic amines) is 1. The summed E-state index contributed by atoms with van der Waals surface area (Å²) in [6.45, 7) is 2.60. The number of benzene rings is 1. The van der Waals surface area contributed by atoms with Gasteiger partial charge in [-0.3, -0.25) is 0 Å². The average molecular weight is 314 g/mol. The summed E-state index contributed by atoms with van der Waals surface area (Å²) in [6, 6.07) is 4.62. The van der Waals surface area contributed by atoms with Crippen molar-refractivity contribution >= 4 is 23.1 Å². The van der Waals surface area contributed by atoms with E-state index < -0.39 is 5.82 Å². The number of hydrogen-bond acceptors (Lipinski definition) is 3. The van der Waals surface area contributed by atoms with Crippen LogP contribution in [0.3, 0.4) is 0 Å². The molecule has 116 valence electrons. The second-order valence-electron chi connectivity index (χ2n) is 5.38. The number of ether oxygens (including phenoxy) is 1. The van der Waals surface area contributed by atoms with Crippen LogP contribution >= 0.6 is 11.6 Å². The molecule has 4 nitrogen and oxygen atoms in total. The molecule has 2 N–H and O–H groups in total. The van der Waals surface area contributed by atoms with E-state index in [4.69, 9.17) is 22.1 Å². The first kappa shape index (κ1) is 16.0. The van der Waals surface area contributed by atoms with Crippen molar-refractivity contribution in [1.82, 2.24) is 4.90 Å². The third-order valence-electron chi connectivity index (χ3n) is 3.65. The lowest BCUT2D eigenvalue weighted by molar-refractivity contribution is 0.157. The Morgan fingerprint density at radius 1 is 1.48 bits per heavy atom. The SMILES string of the molecule is CN1CCC(COc2c(F)cccc2N=C(N)CCl)CC1. The Labute approximate surface area is 129 Å². The number of aliphatic imine (C=N–C) groups is 1. The zero-order valence-corrected chi connectivity index (χ0v) is 12.9. The van der Waals surface area contributed by atoms with Gasteiger partial charge in [-0.15, -0.1) is 11.6 Å². The molecule has 1 fully saturated rings. The number of nitrogens with two attached hydrogens (primary N) is 1. The molecule has 0 aromatic heterocycles. The van der Waals surface area contributed by atoms with Crippen LogP contribution in [0, 0.1) is 11.7 Å². The predicted octanol–water partition coefficient (Wildman–Crippen LogP) is 2.77. The van der Waals surface area contributed by atoms with Gasteiger partial charge in [0.25, 0.3) is 0 Å². The number of piperidine rings is 1. The highest BCUT2D eigenvalue weighted by atomic mass is 35.5. The Morgan fingerprint density at radius 3 is 2.86 bits per heavy atom.